The predicted octanol–water partition coefficient (Wildman–Crippen LogP) is 3.30. The van der Waals surface area contributed by atoms with E-state index in [0.717, 1.165) is 6.42 Å². The van der Waals surface area contributed by atoms with E-state index in [1.807, 2.05) is 6.92 Å². The maximum absolute atomic E-state index is 11.5. The Morgan fingerprint density at radius 3 is 2.52 bits per heavy atom. The lowest BCUT2D eigenvalue weighted by Gasteiger charge is -2.12. The Kier molecular flexibility index (Phi) is 7.11. The summed E-state index contributed by atoms with van der Waals surface area (Å²) in [5.74, 6) is -0.247. The quantitative estimate of drug-likeness (QED) is 0.726. The Morgan fingerprint density at radius 1 is 1.19 bits per heavy atom. The van der Waals surface area contributed by atoms with Crippen LogP contribution >= 0.6 is 23.8 Å². The number of anilines is 2. The lowest BCUT2D eigenvalue weighted by atomic mass is 10.2. The molecule has 5 nitrogen and oxygen atoms in total. The number of hydrogen-bond acceptors (Lipinski definition) is 3. The molecular weight excluding hydrogens is 310 g/mol. The summed E-state index contributed by atoms with van der Waals surface area (Å²) in [6.45, 7) is 3.68. The zero-order valence-corrected chi connectivity index (χ0v) is 13.5. The molecule has 0 unspecified atom stereocenters. The van der Waals surface area contributed by atoms with Gasteiger partial charge in [0.05, 0.1) is 10.7 Å². The molecule has 3 N–H and O–H groups in total. The number of amides is 2. The summed E-state index contributed by atoms with van der Waals surface area (Å²) in [5, 5.41) is 8.75. The molecule has 0 saturated carbocycles. The van der Waals surface area contributed by atoms with Crippen molar-refractivity contribution in [1.29, 1.82) is 0 Å². The van der Waals surface area contributed by atoms with Crippen LogP contribution in [0.4, 0.5) is 11.4 Å². The first kappa shape index (κ1) is 17.4. The molecule has 7 heteroatoms. The lowest BCUT2D eigenvalue weighted by molar-refractivity contribution is -0.119. The third kappa shape index (κ3) is 6.10. The molecule has 0 bridgehead atoms. The van der Waals surface area contributed by atoms with Crippen molar-refractivity contribution in [3.8, 4) is 0 Å². The van der Waals surface area contributed by atoms with Gasteiger partial charge < -0.3 is 16.0 Å². The zero-order valence-electron chi connectivity index (χ0n) is 12.0. The maximum Gasteiger partial charge on any atom is 0.226 e. The highest BCUT2D eigenvalue weighted by atomic mass is 35.5. The number of nitrogens with one attached hydrogen (secondary N) is 3. The summed E-state index contributed by atoms with van der Waals surface area (Å²) in [6.07, 6.45) is 1.53. The summed E-state index contributed by atoms with van der Waals surface area (Å²) < 4.78 is 0. The Labute approximate surface area is 134 Å². The molecule has 0 radical (unpaired) electrons. The van der Waals surface area contributed by atoms with Crippen LogP contribution in [0.3, 0.4) is 0 Å². The van der Waals surface area contributed by atoms with Gasteiger partial charge in [-0.05, 0) is 36.8 Å². The van der Waals surface area contributed by atoms with Crippen LogP contribution in [0.2, 0.25) is 5.02 Å². The summed E-state index contributed by atoms with van der Waals surface area (Å²) in [4.78, 5) is 22.8. The van der Waals surface area contributed by atoms with E-state index in [1.54, 1.807) is 25.1 Å². The van der Waals surface area contributed by atoms with E-state index in [0.29, 0.717) is 29.2 Å². The molecule has 1 aromatic carbocycles. The van der Waals surface area contributed by atoms with Crippen molar-refractivity contribution < 1.29 is 9.59 Å². The molecule has 0 aromatic heterocycles. The molecule has 0 spiro atoms. The Bertz CT molecular complexity index is 549. The molecule has 0 fully saturated rings. The number of hydrogen-bond donors (Lipinski definition) is 3. The molecule has 0 aliphatic rings. The fourth-order valence-corrected chi connectivity index (χ4v) is 1.91. The molecule has 1 rings (SSSR count). The molecule has 2 amide bonds. The average molecular weight is 328 g/mol. The number of carbonyl (C=O) groups is 2. The number of thiocarbonyl (C=S) groups is 1. The molecule has 1 aromatic rings. The second-order valence-corrected chi connectivity index (χ2v) is 5.16. The van der Waals surface area contributed by atoms with Crippen molar-refractivity contribution in [2.24, 2.45) is 0 Å². The van der Waals surface area contributed by atoms with Gasteiger partial charge in [-0.15, -0.1) is 0 Å². The fraction of sp³-hybridized carbons (Fsp3) is 0.357. The van der Waals surface area contributed by atoms with Gasteiger partial charge in [0.2, 0.25) is 11.8 Å². The number of halogens is 1. The summed E-state index contributed by atoms with van der Waals surface area (Å²) in [5.41, 5.74) is 1.13. The van der Waals surface area contributed by atoms with E-state index < -0.39 is 0 Å². The monoisotopic (exact) mass is 327 g/mol. The second-order valence-electron chi connectivity index (χ2n) is 4.35. The van der Waals surface area contributed by atoms with Crippen LogP contribution < -0.4 is 16.0 Å². The van der Waals surface area contributed by atoms with Crippen LogP contribution in [-0.2, 0) is 9.59 Å². The Morgan fingerprint density at radius 2 is 1.90 bits per heavy atom. The molecule has 0 saturated heterocycles. The van der Waals surface area contributed by atoms with E-state index in [-0.39, 0.29) is 16.9 Å². The third-order valence-electron chi connectivity index (χ3n) is 2.55. The largest absolute Gasteiger partial charge is 0.331 e. The van der Waals surface area contributed by atoms with Crippen molar-refractivity contribution in [3.63, 3.8) is 0 Å². The van der Waals surface area contributed by atoms with Crippen molar-refractivity contribution in [3.05, 3.63) is 23.2 Å². The van der Waals surface area contributed by atoms with Crippen LogP contribution in [0.15, 0.2) is 18.2 Å². The normalized spacial score (nSPS) is 9.86. The first-order valence-electron chi connectivity index (χ1n) is 6.66. The van der Waals surface area contributed by atoms with Gasteiger partial charge in [0.25, 0.3) is 0 Å². The first-order chi connectivity index (χ1) is 9.96. The standard InChI is InChI=1S/C14H18ClN3O2S/c1-3-5-13(20)18-14(21)17-11-8-9(6-7-10(11)15)16-12(19)4-2/h6-8H,3-5H2,1-2H3,(H,16,19)(H2,17,18,20,21). The molecule has 0 atom stereocenters. The van der Waals surface area contributed by atoms with Crippen LogP contribution in [-0.4, -0.2) is 16.9 Å². The highest BCUT2D eigenvalue weighted by molar-refractivity contribution is 7.80. The summed E-state index contributed by atoms with van der Waals surface area (Å²) >= 11 is 11.1. The fourth-order valence-electron chi connectivity index (χ4n) is 1.52. The summed E-state index contributed by atoms with van der Waals surface area (Å²) in [7, 11) is 0. The van der Waals surface area contributed by atoms with Gasteiger partial charge in [0.15, 0.2) is 5.11 Å². The van der Waals surface area contributed by atoms with Gasteiger partial charge in [-0.25, -0.2) is 0 Å². The van der Waals surface area contributed by atoms with Crippen molar-refractivity contribution in [2.75, 3.05) is 10.6 Å². The minimum Gasteiger partial charge on any atom is -0.331 e. The van der Waals surface area contributed by atoms with Gasteiger partial charge >= 0.3 is 0 Å². The van der Waals surface area contributed by atoms with E-state index in [4.69, 9.17) is 23.8 Å². The highest BCUT2D eigenvalue weighted by Gasteiger charge is 2.08. The highest BCUT2D eigenvalue weighted by Crippen LogP contribution is 2.25. The minimum absolute atomic E-state index is 0.0953. The number of rotatable bonds is 5. The van der Waals surface area contributed by atoms with Crippen LogP contribution in [0.25, 0.3) is 0 Å². The minimum atomic E-state index is -0.151. The number of carbonyl (C=O) groups excluding carboxylic acids is 2. The predicted molar refractivity (Wildman–Crippen MR) is 89.6 cm³/mol. The van der Waals surface area contributed by atoms with E-state index in [2.05, 4.69) is 16.0 Å². The van der Waals surface area contributed by atoms with Gasteiger partial charge in [-0.3, -0.25) is 9.59 Å². The van der Waals surface area contributed by atoms with Crippen molar-refractivity contribution in [2.45, 2.75) is 33.1 Å². The first-order valence-corrected chi connectivity index (χ1v) is 7.45. The van der Waals surface area contributed by atoms with Gasteiger partial charge in [-0.1, -0.05) is 25.4 Å². The van der Waals surface area contributed by atoms with Crippen LogP contribution in [0, 0.1) is 0 Å². The van der Waals surface area contributed by atoms with Crippen LogP contribution in [0.1, 0.15) is 33.1 Å². The SMILES string of the molecule is CCCC(=O)NC(=S)Nc1cc(NC(=O)CC)ccc1Cl. The van der Waals surface area contributed by atoms with E-state index in [1.165, 1.54) is 0 Å². The van der Waals surface area contributed by atoms with Crippen LogP contribution in [0.5, 0.6) is 0 Å². The lowest BCUT2D eigenvalue weighted by Crippen LogP contribution is -2.33. The van der Waals surface area contributed by atoms with Gasteiger partial charge in [0.1, 0.15) is 0 Å². The molecular formula is C14H18ClN3O2S. The average Bonchev–Trinajstić information content (AvgIpc) is 2.42. The molecule has 0 heterocycles. The van der Waals surface area contributed by atoms with Gasteiger partial charge in [0, 0.05) is 18.5 Å². The third-order valence-corrected chi connectivity index (χ3v) is 3.08. The smallest absolute Gasteiger partial charge is 0.226 e. The molecule has 0 aliphatic carbocycles. The Hall–Kier alpha value is -1.66. The van der Waals surface area contributed by atoms with Crippen molar-refractivity contribution in [1.82, 2.24) is 5.32 Å². The van der Waals surface area contributed by atoms with E-state index >= 15 is 0 Å². The number of benzene rings is 1. The Balaban J connectivity index is 2.73. The zero-order chi connectivity index (χ0) is 15.8. The second kappa shape index (κ2) is 8.59. The topological polar surface area (TPSA) is 70.2 Å². The van der Waals surface area contributed by atoms with Gasteiger partial charge in [-0.2, -0.15) is 0 Å². The maximum atomic E-state index is 11.5. The van der Waals surface area contributed by atoms with Crippen molar-refractivity contribution >= 4 is 52.1 Å². The molecule has 21 heavy (non-hydrogen) atoms. The van der Waals surface area contributed by atoms with E-state index in [9.17, 15) is 9.59 Å². The molecule has 0 aliphatic heterocycles. The molecule has 114 valence electrons. The summed E-state index contributed by atoms with van der Waals surface area (Å²) in [6, 6.07) is 5.00.